The van der Waals surface area contributed by atoms with E-state index in [9.17, 15) is 9.59 Å². The number of rotatable bonds is 5. The fraction of sp³-hybridized carbons (Fsp3) is 0.355. The molecule has 3 unspecified atom stereocenters. The standard InChI is InChI=1S/C31H32O4S/c1-20-18-24(36(22-12-8-6-9-13-22)23-14-10-7-11-15-23)19-21(2)25(20)34-26(32)30-17-16-29(5)28(3,4)31(29,30)27(33)35-30/h6-15,18-19,36H,16-17H2,1-5H3. The molecule has 0 N–H and O–H groups in total. The summed E-state index contributed by atoms with van der Waals surface area (Å²) in [5, 5.41) is 0. The van der Waals surface area contributed by atoms with Crippen LogP contribution >= 0.6 is 10.9 Å². The first-order valence-corrected chi connectivity index (χ1v) is 13.9. The molecule has 0 radical (unpaired) electrons. The first-order chi connectivity index (χ1) is 17.1. The third-order valence-electron chi connectivity index (χ3n) is 9.49. The highest BCUT2D eigenvalue weighted by molar-refractivity contribution is 8.17. The van der Waals surface area contributed by atoms with E-state index in [1.165, 1.54) is 14.7 Å². The van der Waals surface area contributed by atoms with Crippen LogP contribution < -0.4 is 4.74 Å². The van der Waals surface area contributed by atoms with E-state index in [0.29, 0.717) is 12.2 Å². The maximum Gasteiger partial charge on any atom is 0.357 e. The van der Waals surface area contributed by atoms with Crippen molar-refractivity contribution in [2.45, 2.75) is 67.7 Å². The average molecular weight is 501 g/mol. The summed E-state index contributed by atoms with van der Waals surface area (Å²) in [5.74, 6) is -0.104. The Kier molecular flexibility index (Phi) is 4.85. The lowest BCUT2D eigenvalue weighted by Crippen LogP contribution is -2.66. The average Bonchev–Trinajstić information content (AvgIpc) is 3.15. The van der Waals surface area contributed by atoms with Crippen LogP contribution in [0.15, 0.2) is 87.5 Å². The normalized spacial score (nSPS) is 29.4. The molecule has 1 heterocycles. The molecule has 0 amide bonds. The van der Waals surface area contributed by atoms with Crippen LogP contribution in [-0.4, -0.2) is 17.5 Å². The lowest BCUT2D eigenvalue weighted by molar-refractivity contribution is -0.230. The summed E-state index contributed by atoms with van der Waals surface area (Å²) in [5.41, 5.74) is -0.610. The van der Waals surface area contributed by atoms with Gasteiger partial charge in [-0.15, -0.1) is 0 Å². The number of carbonyl (C=O) groups excluding carboxylic acids is 2. The molecule has 3 fully saturated rings. The molecule has 36 heavy (non-hydrogen) atoms. The number of carbonyl (C=O) groups is 2. The van der Waals surface area contributed by atoms with Crippen LogP contribution in [0.25, 0.3) is 0 Å². The molecule has 186 valence electrons. The molecule has 4 nitrogen and oxygen atoms in total. The molecule has 2 saturated carbocycles. The zero-order valence-electron chi connectivity index (χ0n) is 21.4. The molecule has 6 rings (SSSR count). The topological polar surface area (TPSA) is 52.6 Å². The second-order valence-electron chi connectivity index (χ2n) is 11.2. The molecule has 2 aliphatic carbocycles. The van der Waals surface area contributed by atoms with Gasteiger partial charge in [0.25, 0.3) is 0 Å². The Hall–Kier alpha value is -3.05. The third-order valence-corrected chi connectivity index (χ3v) is 11.9. The molecule has 1 aliphatic heterocycles. The minimum Gasteiger partial charge on any atom is -0.445 e. The minimum atomic E-state index is -1.17. The van der Waals surface area contributed by atoms with Crippen molar-refractivity contribution in [2.24, 2.45) is 16.2 Å². The van der Waals surface area contributed by atoms with E-state index in [4.69, 9.17) is 9.47 Å². The third kappa shape index (κ3) is 2.62. The zero-order chi connectivity index (χ0) is 25.5. The van der Waals surface area contributed by atoms with Crippen LogP contribution in [0.4, 0.5) is 0 Å². The van der Waals surface area contributed by atoms with Gasteiger partial charge < -0.3 is 9.47 Å². The largest absolute Gasteiger partial charge is 0.445 e. The lowest BCUT2D eigenvalue weighted by Gasteiger charge is -2.46. The molecule has 5 heteroatoms. The van der Waals surface area contributed by atoms with Crippen LogP contribution in [0, 0.1) is 30.1 Å². The van der Waals surface area contributed by atoms with Crippen LogP contribution in [0.1, 0.15) is 44.7 Å². The van der Waals surface area contributed by atoms with E-state index in [1.807, 2.05) is 26.0 Å². The van der Waals surface area contributed by atoms with Crippen molar-refractivity contribution in [1.82, 2.24) is 0 Å². The highest BCUT2D eigenvalue weighted by Crippen LogP contribution is 2.92. The van der Waals surface area contributed by atoms with Gasteiger partial charge in [0.05, 0.1) is 0 Å². The van der Waals surface area contributed by atoms with Gasteiger partial charge in [-0.2, -0.15) is 10.9 Å². The summed E-state index contributed by atoms with van der Waals surface area (Å²) in [6.45, 7) is 10.2. The van der Waals surface area contributed by atoms with Crippen LogP contribution in [0.5, 0.6) is 5.75 Å². The molecule has 3 aliphatic rings. The number of aryl methyl sites for hydroxylation is 2. The number of hydrogen-bond donors (Lipinski definition) is 1. The predicted molar refractivity (Wildman–Crippen MR) is 141 cm³/mol. The Labute approximate surface area is 215 Å². The Morgan fingerprint density at radius 2 is 1.36 bits per heavy atom. The highest BCUT2D eigenvalue weighted by atomic mass is 32.2. The smallest absolute Gasteiger partial charge is 0.357 e. The summed E-state index contributed by atoms with van der Waals surface area (Å²) in [6, 6.07) is 25.4. The van der Waals surface area contributed by atoms with Gasteiger partial charge in [-0.1, -0.05) is 57.2 Å². The van der Waals surface area contributed by atoms with Crippen molar-refractivity contribution in [3.63, 3.8) is 0 Å². The van der Waals surface area contributed by atoms with Crippen molar-refractivity contribution < 1.29 is 19.1 Å². The quantitative estimate of drug-likeness (QED) is 0.238. The monoisotopic (exact) mass is 500 g/mol. The summed E-state index contributed by atoms with van der Waals surface area (Å²) in [4.78, 5) is 30.2. The summed E-state index contributed by atoms with van der Waals surface area (Å²) in [7, 11) is -0.763. The van der Waals surface area contributed by atoms with Gasteiger partial charge in [0.15, 0.2) is 0 Å². The lowest BCUT2D eigenvalue weighted by atomic mass is 9.73. The van der Waals surface area contributed by atoms with E-state index < -0.39 is 27.9 Å². The second-order valence-corrected chi connectivity index (χ2v) is 13.4. The van der Waals surface area contributed by atoms with E-state index in [-0.39, 0.29) is 16.8 Å². The number of esters is 2. The van der Waals surface area contributed by atoms with E-state index in [2.05, 4.69) is 81.4 Å². The molecular weight excluding hydrogens is 468 g/mol. The number of hydrogen-bond acceptors (Lipinski definition) is 4. The fourth-order valence-electron chi connectivity index (χ4n) is 7.50. The second kappa shape index (κ2) is 7.48. The molecule has 1 saturated heterocycles. The van der Waals surface area contributed by atoms with Crippen LogP contribution in [-0.2, 0) is 14.3 Å². The van der Waals surface area contributed by atoms with Crippen molar-refractivity contribution in [3.8, 4) is 5.75 Å². The maximum atomic E-state index is 13.7. The van der Waals surface area contributed by atoms with Crippen molar-refractivity contribution in [2.75, 3.05) is 0 Å². The highest BCUT2D eigenvalue weighted by Gasteiger charge is 3.01. The summed E-state index contributed by atoms with van der Waals surface area (Å²) >= 11 is 0. The van der Waals surface area contributed by atoms with E-state index in [1.54, 1.807) is 0 Å². The molecule has 3 atom stereocenters. The zero-order valence-corrected chi connectivity index (χ0v) is 22.3. The van der Waals surface area contributed by atoms with Gasteiger partial charge in [0.2, 0.25) is 5.60 Å². The molecule has 0 aromatic heterocycles. The van der Waals surface area contributed by atoms with E-state index in [0.717, 1.165) is 17.5 Å². The van der Waals surface area contributed by atoms with Crippen molar-refractivity contribution >= 4 is 22.8 Å². The Balaban J connectivity index is 1.35. The minimum absolute atomic E-state index is 0.219. The van der Waals surface area contributed by atoms with Gasteiger partial charge in [-0.25, -0.2) is 4.79 Å². The fourth-order valence-corrected chi connectivity index (χ4v) is 9.98. The van der Waals surface area contributed by atoms with Gasteiger partial charge >= 0.3 is 11.9 Å². The van der Waals surface area contributed by atoms with Gasteiger partial charge in [0, 0.05) is 6.42 Å². The Morgan fingerprint density at radius 1 is 0.833 bits per heavy atom. The predicted octanol–water partition coefficient (Wildman–Crippen LogP) is 6.81. The number of ether oxygens (including phenoxy) is 2. The summed E-state index contributed by atoms with van der Waals surface area (Å²) < 4.78 is 11.8. The Morgan fingerprint density at radius 3 is 1.83 bits per heavy atom. The van der Waals surface area contributed by atoms with Gasteiger partial charge in [-0.3, -0.25) is 4.79 Å². The molecule has 0 bridgehead atoms. The number of benzene rings is 3. The van der Waals surface area contributed by atoms with Gasteiger partial charge in [0.1, 0.15) is 11.2 Å². The maximum absolute atomic E-state index is 13.7. The van der Waals surface area contributed by atoms with Gasteiger partial charge in [-0.05, 0) is 93.3 Å². The number of thiol groups is 1. The molecule has 3 aromatic rings. The first kappa shape index (κ1) is 23.4. The van der Waals surface area contributed by atoms with Crippen molar-refractivity contribution in [3.05, 3.63) is 83.9 Å². The SMILES string of the molecule is Cc1cc([SH](c2ccccc2)c2ccccc2)cc(C)c1OC(=O)C12CCC3(C)C(C)(C)C13C(=O)O2. The summed E-state index contributed by atoms with van der Waals surface area (Å²) in [6.07, 6.45) is 1.32. The Bertz CT molecular complexity index is 1340. The molecule has 1 spiro atoms. The first-order valence-electron chi connectivity index (χ1n) is 12.6. The van der Waals surface area contributed by atoms with Crippen LogP contribution in [0.2, 0.25) is 0 Å². The molecule has 3 aromatic carbocycles. The van der Waals surface area contributed by atoms with Crippen LogP contribution in [0.3, 0.4) is 0 Å². The van der Waals surface area contributed by atoms with E-state index >= 15 is 0 Å². The molecular formula is C31H32O4S. The van der Waals surface area contributed by atoms with Crippen molar-refractivity contribution in [1.29, 1.82) is 0 Å².